The fourth-order valence-electron chi connectivity index (χ4n) is 0.905. The van der Waals surface area contributed by atoms with Gasteiger partial charge in [-0.25, -0.2) is 18.0 Å². The lowest BCUT2D eigenvalue weighted by atomic mass is 10.2. The van der Waals surface area contributed by atoms with Crippen molar-refractivity contribution < 1.29 is 23.1 Å². The minimum absolute atomic E-state index is 0.399. The molecule has 0 unspecified atom stereocenters. The van der Waals surface area contributed by atoms with Crippen molar-refractivity contribution in [1.29, 1.82) is 0 Å². The van der Waals surface area contributed by atoms with Crippen molar-refractivity contribution >= 4 is 5.97 Å². The largest absolute Gasteiger partial charge is 0.477 e. The number of carbonyl (C=O) groups is 1. The predicted octanol–water partition coefficient (Wildman–Crippen LogP) is 1.15. The van der Waals surface area contributed by atoms with Crippen molar-refractivity contribution in [1.82, 2.24) is 4.98 Å². The molecule has 0 radical (unpaired) electrons. The third-order valence-electron chi connectivity index (χ3n) is 1.50. The third-order valence-corrected chi connectivity index (χ3v) is 1.50. The van der Waals surface area contributed by atoms with E-state index >= 15 is 0 Å². The predicted molar refractivity (Wildman–Crippen MR) is 38.9 cm³/mol. The van der Waals surface area contributed by atoms with E-state index in [1.807, 2.05) is 0 Å². The van der Waals surface area contributed by atoms with E-state index in [1.54, 1.807) is 4.98 Å². The molecule has 0 fully saturated rings. The van der Waals surface area contributed by atoms with Crippen LogP contribution in [0.5, 0.6) is 0 Å². The summed E-state index contributed by atoms with van der Waals surface area (Å²) in [5, 5.41) is 8.40. The van der Waals surface area contributed by atoms with Crippen molar-refractivity contribution in [3.05, 3.63) is 33.5 Å². The van der Waals surface area contributed by atoms with Gasteiger partial charge in [0.1, 0.15) is 11.3 Å². The molecule has 7 heteroatoms. The molecule has 0 aliphatic rings. The second-order valence-corrected chi connectivity index (χ2v) is 2.36. The lowest BCUT2D eigenvalue weighted by Crippen LogP contribution is -2.22. The van der Waals surface area contributed by atoms with Crippen LogP contribution in [0.25, 0.3) is 0 Å². The van der Waals surface area contributed by atoms with Crippen molar-refractivity contribution in [2.75, 3.05) is 0 Å². The Morgan fingerprint density at radius 3 is 2.50 bits per heavy atom. The number of rotatable bonds is 2. The van der Waals surface area contributed by atoms with Gasteiger partial charge in [-0.1, -0.05) is 0 Å². The van der Waals surface area contributed by atoms with Gasteiger partial charge < -0.3 is 10.1 Å². The molecule has 76 valence electrons. The standard InChI is InChI=1S/C7H4F3NO3/c8-2-1-11-4(6(9)10)3(5(2)12)7(13)14/h1,6H,(H,11,12)(H,13,14). The Hall–Kier alpha value is -1.79. The number of alkyl halides is 2. The lowest BCUT2D eigenvalue weighted by Gasteiger charge is -2.03. The number of pyridine rings is 1. The van der Waals surface area contributed by atoms with Gasteiger partial charge in [-0.15, -0.1) is 0 Å². The van der Waals surface area contributed by atoms with Crippen LogP contribution >= 0.6 is 0 Å². The zero-order valence-electron chi connectivity index (χ0n) is 6.55. The molecule has 0 aliphatic heterocycles. The molecular weight excluding hydrogens is 203 g/mol. The number of carboxylic acids is 1. The van der Waals surface area contributed by atoms with Gasteiger partial charge in [-0.05, 0) is 0 Å². The molecule has 1 aromatic heterocycles. The normalized spacial score (nSPS) is 10.6. The van der Waals surface area contributed by atoms with Gasteiger partial charge in [0.05, 0.1) is 0 Å². The summed E-state index contributed by atoms with van der Waals surface area (Å²) in [5.74, 6) is -3.30. The molecular formula is C7H4F3NO3. The van der Waals surface area contributed by atoms with Crippen LogP contribution in [0.4, 0.5) is 13.2 Å². The smallest absolute Gasteiger partial charge is 0.341 e. The first-order chi connectivity index (χ1) is 6.45. The summed E-state index contributed by atoms with van der Waals surface area (Å²) < 4.78 is 36.8. The SMILES string of the molecule is O=C(O)c1c(C(F)F)[nH]cc(F)c1=O. The van der Waals surface area contributed by atoms with E-state index in [-0.39, 0.29) is 0 Å². The summed E-state index contributed by atoms with van der Waals surface area (Å²) in [5.41, 5.74) is -3.91. The van der Waals surface area contributed by atoms with Gasteiger partial charge in [0.25, 0.3) is 6.43 Å². The fourth-order valence-corrected chi connectivity index (χ4v) is 0.905. The Labute approximate surface area is 75.0 Å². The zero-order valence-corrected chi connectivity index (χ0v) is 6.55. The quantitative estimate of drug-likeness (QED) is 0.764. The average molecular weight is 207 g/mol. The number of hydrogen-bond donors (Lipinski definition) is 2. The molecule has 1 rings (SSSR count). The van der Waals surface area contributed by atoms with E-state index in [4.69, 9.17) is 5.11 Å². The van der Waals surface area contributed by atoms with Crippen LogP contribution in [-0.2, 0) is 0 Å². The number of carboxylic acid groups (broad SMARTS) is 1. The van der Waals surface area contributed by atoms with Crippen molar-refractivity contribution in [2.45, 2.75) is 6.43 Å². The Morgan fingerprint density at radius 2 is 2.07 bits per heavy atom. The highest BCUT2D eigenvalue weighted by molar-refractivity contribution is 5.88. The summed E-state index contributed by atoms with van der Waals surface area (Å²) in [7, 11) is 0. The van der Waals surface area contributed by atoms with Crippen LogP contribution < -0.4 is 5.43 Å². The van der Waals surface area contributed by atoms with Crippen LogP contribution in [0.2, 0.25) is 0 Å². The number of aromatic nitrogens is 1. The van der Waals surface area contributed by atoms with E-state index in [0.717, 1.165) is 0 Å². The maximum Gasteiger partial charge on any atom is 0.341 e. The maximum atomic E-state index is 12.5. The molecule has 14 heavy (non-hydrogen) atoms. The van der Waals surface area contributed by atoms with Crippen molar-refractivity contribution in [3.8, 4) is 0 Å². The first kappa shape index (κ1) is 10.3. The van der Waals surface area contributed by atoms with Gasteiger partial charge in [0.2, 0.25) is 5.43 Å². The number of hydrogen-bond acceptors (Lipinski definition) is 2. The van der Waals surface area contributed by atoms with E-state index in [2.05, 4.69) is 0 Å². The Balaban J connectivity index is 3.54. The Bertz CT molecular complexity index is 427. The maximum absolute atomic E-state index is 12.5. The minimum atomic E-state index is -3.17. The number of halogens is 3. The van der Waals surface area contributed by atoms with E-state index < -0.39 is 34.9 Å². The van der Waals surface area contributed by atoms with Crippen LogP contribution in [0.3, 0.4) is 0 Å². The van der Waals surface area contributed by atoms with Crippen LogP contribution in [0, 0.1) is 5.82 Å². The first-order valence-electron chi connectivity index (χ1n) is 3.37. The second kappa shape index (κ2) is 3.52. The molecule has 0 bridgehead atoms. The molecule has 0 amide bonds. The van der Waals surface area contributed by atoms with Gasteiger partial charge in [0.15, 0.2) is 5.82 Å². The molecule has 0 saturated heterocycles. The summed E-state index contributed by atoms with van der Waals surface area (Å²) in [4.78, 5) is 22.9. The summed E-state index contributed by atoms with van der Waals surface area (Å²) in [6.07, 6.45) is -2.77. The van der Waals surface area contributed by atoms with Crippen LogP contribution in [0.1, 0.15) is 22.5 Å². The average Bonchev–Trinajstić information content (AvgIpc) is 2.08. The molecule has 1 aromatic rings. The monoisotopic (exact) mass is 207 g/mol. The molecule has 0 spiro atoms. The van der Waals surface area contributed by atoms with Crippen LogP contribution in [0.15, 0.2) is 11.0 Å². The molecule has 0 aliphatic carbocycles. The molecule has 0 aromatic carbocycles. The molecule has 1 heterocycles. The molecule has 0 saturated carbocycles. The summed E-state index contributed by atoms with van der Waals surface area (Å²) >= 11 is 0. The fraction of sp³-hybridized carbons (Fsp3) is 0.143. The minimum Gasteiger partial charge on any atom is -0.477 e. The number of aromatic amines is 1. The highest BCUT2D eigenvalue weighted by Gasteiger charge is 2.23. The van der Waals surface area contributed by atoms with E-state index in [0.29, 0.717) is 6.20 Å². The summed E-state index contributed by atoms with van der Waals surface area (Å²) in [6.45, 7) is 0. The van der Waals surface area contributed by atoms with Crippen LogP contribution in [-0.4, -0.2) is 16.1 Å². The molecule has 4 nitrogen and oxygen atoms in total. The van der Waals surface area contributed by atoms with E-state index in [9.17, 15) is 22.8 Å². The van der Waals surface area contributed by atoms with Crippen molar-refractivity contribution in [2.24, 2.45) is 0 Å². The Kier molecular flexibility index (Phi) is 2.59. The molecule has 2 N–H and O–H groups in total. The van der Waals surface area contributed by atoms with E-state index in [1.165, 1.54) is 0 Å². The summed E-state index contributed by atoms with van der Waals surface area (Å²) in [6, 6.07) is 0. The van der Waals surface area contributed by atoms with Gasteiger partial charge in [-0.2, -0.15) is 0 Å². The topological polar surface area (TPSA) is 70.2 Å². The van der Waals surface area contributed by atoms with Gasteiger partial charge >= 0.3 is 5.97 Å². The van der Waals surface area contributed by atoms with Gasteiger partial charge in [0, 0.05) is 6.20 Å². The highest BCUT2D eigenvalue weighted by Crippen LogP contribution is 2.18. The Morgan fingerprint density at radius 1 is 1.50 bits per heavy atom. The van der Waals surface area contributed by atoms with Gasteiger partial charge in [-0.3, -0.25) is 4.79 Å². The zero-order chi connectivity index (χ0) is 10.9. The molecule has 0 atom stereocenters. The third kappa shape index (κ3) is 1.61. The number of nitrogens with one attached hydrogen (secondary N) is 1. The number of aromatic carboxylic acids is 1. The number of H-pyrrole nitrogens is 1. The highest BCUT2D eigenvalue weighted by atomic mass is 19.3. The second-order valence-electron chi connectivity index (χ2n) is 2.36. The van der Waals surface area contributed by atoms with Crippen molar-refractivity contribution in [3.63, 3.8) is 0 Å². The lowest BCUT2D eigenvalue weighted by molar-refractivity contribution is 0.0679. The first-order valence-corrected chi connectivity index (χ1v) is 3.37.